The summed E-state index contributed by atoms with van der Waals surface area (Å²) < 4.78 is 1.17. The first-order valence-corrected chi connectivity index (χ1v) is 6.87. The number of hydrogen-bond donors (Lipinski definition) is 1. The van der Waals surface area contributed by atoms with Crippen LogP contribution in [0.1, 0.15) is 26.3 Å². The maximum Gasteiger partial charge on any atom is 0.0219 e. The van der Waals surface area contributed by atoms with Crippen molar-refractivity contribution in [3.63, 3.8) is 0 Å². The molecule has 0 amide bonds. The third-order valence-electron chi connectivity index (χ3n) is 1.94. The fraction of sp³-hybridized carbons (Fsp3) is 0.500. The van der Waals surface area contributed by atoms with Crippen LogP contribution in [0.2, 0.25) is 0 Å². The van der Waals surface area contributed by atoms with E-state index in [1.165, 1.54) is 14.9 Å². The lowest BCUT2D eigenvalue weighted by Gasteiger charge is -2.10. The Hall–Kier alpha value is 0.01000. The predicted octanol–water partition coefficient (Wildman–Crippen LogP) is 3.84. The van der Waals surface area contributed by atoms with Crippen molar-refractivity contribution in [2.24, 2.45) is 5.73 Å². The van der Waals surface area contributed by atoms with Gasteiger partial charge < -0.3 is 5.73 Å². The van der Waals surface area contributed by atoms with E-state index in [0.29, 0.717) is 5.25 Å². The van der Waals surface area contributed by atoms with E-state index in [2.05, 4.69) is 48.0 Å². The van der Waals surface area contributed by atoms with E-state index in [0.717, 1.165) is 6.42 Å². The molecule has 0 spiro atoms. The van der Waals surface area contributed by atoms with Crippen molar-refractivity contribution in [2.75, 3.05) is 0 Å². The SMILES string of the molecule is CC(N)Cc1ccc(SC(C)C)cc1Br. The van der Waals surface area contributed by atoms with Crippen LogP contribution < -0.4 is 5.73 Å². The van der Waals surface area contributed by atoms with Crippen molar-refractivity contribution < 1.29 is 0 Å². The quantitative estimate of drug-likeness (QED) is 0.852. The fourth-order valence-corrected chi connectivity index (χ4v) is 2.95. The van der Waals surface area contributed by atoms with Gasteiger partial charge in [0, 0.05) is 20.7 Å². The summed E-state index contributed by atoms with van der Waals surface area (Å²) in [6, 6.07) is 6.73. The van der Waals surface area contributed by atoms with Gasteiger partial charge in [-0.2, -0.15) is 0 Å². The van der Waals surface area contributed by atoms with Crippen molar-refractivity contribution in [3.8, 4) is 0 Å². The summed E-state index contributed by atoms with van der Waals surface area (Å²) in [6.07, 6.45) is 0.924. The van der Waals surface area contributed by atoms with E-state index in [4.69, 9.17) is 5.73 Å². The number of hydrogen-bond acceptors (Lipinski definition) is 2. The van der Waals surface area contributed by atoms with Gasteiger partial charge in [0.2, 0.25) is 0 Å². The molecule has 0 fully saturated rings. The summed E-state index contributed by atoms with van der Waals surface area (Å²) in [5.74, 6) is 0. The molecule has 0 aromatic heterocycles. The highest BCUT2D eigenvalue weighted by Gasteiger charge is 2.05. The Morgan fingerprint density at radius 3 is 2.47 bits per heavy atom. The molecule has 2 N–H and O–H groups in total. The average Bonchev–Trinajstić information content (AvgIpc) is 2.08. The van der Waals surface area contributed by atoms with Crippen LogP contribution in [0, 0.1) is 0 Å². The zero-order valence-electron chi connectivity index (χ0n) is 9.46. The Balaban J connectivity index is 2.78. The average molecular weight is 288 g/mol. The molecule has 1 nitrogen and oxygen atoms in total. The highest BCUT2D eigenvalue weighted by Crippen LogP contribution is 2.28. The highest BCUT2D eigenvalue weighted by atomic mass is 79.9. The number of halogens is 1. The second-order valence-corrected chi connectivity index (χ2v) is 6.61. The van der Waals surface area contributed by atoms with E-state index in [1.54, 1.807) is 0 Å². The molecule has 0 radical (unpaired) electrons. The minimum atomic E-state index is 0.213. The summed E-state index contributed by atoms with van der Waals surface area (Å²) in [6.45, 7) is 6.44. The van der Waals surface area contributed by atoms with Crippen LogP contribution in [0.5, 0.6) is 0 Å². The first-order valence-electron chi connectivity index (χ1n) is 5.19. The highest BCUT2D eigenvalue weighted by molar-refractivity contribution is 9.10. The molecule has 1 atom stereocenters. The van der Waals surface area contributed by atoms with Crippen molar-refractivity contribution in [2.45, 2.75) is 43.4 Å². The van der Waals surface area contributed by atoms with Crippen LogP contribution in [-0.2, 0) is 6.42 Å². The molecular formula is C12H18BrNS. The molecule has 0 saturated heterocycles. The van der Waals surface area contributed by atoms with Gasteiger partial charge in [-0.25, -0.2) is 0 Å². The third-order valence-corrected chi connectivity index (χ3v) is 3.67. The smallest absolute Gasteiger partial charge is 0.0219 e. The summed E-state index contributed by atoms with van der Waals surface area (Å²) in [7, 11) is 0. The molecule has 15 heavy (non-hydrogen) atoms. The Morgan fingerprint density at radius 2 is 2.00 bits per heavy atom. The van der Waals surface area contributed by atoms with Crippen LogP contribution in [0.25, 0.3) is 0 Å². The molecule has 3 heteroatoms. The van der Waals surface area contributed by atoms with Crippen LogP contribution in [0.4, 0.5) is 0 Å². The van der Waals surface area contributed by atoms with Crippen molar-refractivity contribution in [1.82, 2.24) is 0 Å². The van der Waals surface area contributed by atoms with Crippen molar-refractivity contribution >= 4 is 27.7 Å². The van der Waals surface area contributed by atoms with Gasteiger partial charge in [-0.05, 0) is 31.0 Å². The van der Waals surface area contributed by atoms with Gasteiger partial charge >= 0.3 is 0 Å². The van der Waals surface area contributed by atoms with Gasteiger partial charge in [-0.15, -0.1) is 11.8 Å². The Bertz CT molecular complexity index is 323. The summed E-state index contributed by atoms with van der Waals surface area (Å²) >= 11 is 5.48. The van der Waals surface area contributed by atoms with Crippen LogP contribution in [0.15, 0.2) is 27.6 Å². The van der Waals surface area contributed by atoms with E-state index in [9.17, 15) is 0 Å². The minimum Gasteiger partial charge on any atom is -0.328 e. The topological polar surface area (TPSA) is 26.0 Å². The zero-order chi connectivity index (χ0) is 11.4. The molecule has 0 aliphatic heterocycles. The lowest BCUT2D eigenvalue weighted by atomic mass is 10.1. The molecule has 0 heterocycles. The molecule has 1 rings (SSSR count). The van der Waals surface area contributed by atoms with E-state index >= 15 is 0 Å². The largest absolute Gasteiger partial charge is 0.328 e. The zero-order valence-corrected chi connectivity index (χ0v) is 11.9. The number of benzene rings is 1. The van der Waals surface area contributed by atoms with E-state index in [-0.39, 0.29) is 6.04 Å². The second-order valence-electron chi connectivity index (χ2n) is 4.10. The number of nitrogens with two attached hydrogens (primary N) is 1. The molecule has 1 aromatic carbocycles. The Kier molecular flexibility index (Phi) is 5.16. The predicted molar refractivity (Wildman–Crippen MR) is 72.5 cm³/mol. The van der Waals surface area contributed by atoms with E-state index < -0.39 is 0 Å². The van der Waals surface area contributed by atoms with E-state index in [1.807, 2.05) is 18.7 Å². The summed E-state index contributed by atoms with van der Waals surface area (Å²) in [4.78, 5) is 1.31. The van der Waals surface area contributed by atoms with Gasteiger partial charge in [0.15, 0.2) is 0 Å². The Morgan fingerprint density at radius 1 is 1.33 bits per heavy atom. The summed E-state index contributed by atoms with van der Waals surface area (Å²) in [5.41, 5.74) is 7.08. The minimum absolute atomic E-state index is 0.213. The lowest BCUT2D eigenvalue weighted by Crippen LogP contribution is -2.17. The van der Waals surface area contributed by atoms with Gasteiger partial charge in [-0.1, -0.05) is 35.8 Å². The van der Waals surface area contributed by atoms with Gasteiger partial charge in [-0.3, -0.25) is 0 Å². The molecular weight excluding hydrogens is 270 g/mol. The molecule has 0 aliphatic carbocycles. The Labute approximate surface area is 105 Å². The molecule has 0 aliphatic rings. The van der Waals surface area contributed by atoms with Crippen molar-refractivity contribution in [3.05, 3.63) is 28.2 Å². The normalized spacial score (nSPS) is 13.2. The maximum atomic E-state index is 5.79. The van der Waals surface area contributed by atoms with Crippen LogP contribution in [-0.4, -0.2) is 11.3 Å². The standard InChI is InChI=1S/C12H18BrNS/c1-8(2)15-11-5-4-10(6-9(3)14)12(13)7-11/h4-5,7-9H,6,14H2,1-3H3. The first kappa shape index (κ1) is 13.1. The number of thioether (sulfide) groups is 1. The molecule has 1 unspecified atom stereocenters. The third kappa shape index (κ3) is 4.58. The molecule has 0 saturated carbocycles. The number of rotatable bonds is 4. The monoisotopic (exact) mass is 287 g/mol. The lowest BCUT2D eigenvalue weighted by molar-refractivity contribution is 0.735. The first-order chi connectivity index (χ1) is 6.99. The molecule has 0 bridgehead atoms. The van der Waals surface area contributed by atoms with Gasteiger partial charge in [0.05, 0.1) is 0 Å². The van der Waals surface area contributed by atoms with Crippen LogP contribution >= 0.6 is 27.7 Å². The van der Waals surface area contributed by atoms with Gasteiger partial charge in [0.1, 0.15) is 0 Å². The molecule has 1 aromatic rings. The van der Waals surface area contributed by atoms with Crippen LogP contribution in [0.3, 0.4) is 0 Å². The summed E-state index contributed by atoms with van der Waals surface area (Å²) in [5, 5.41) is 0.621. The maximum absolute atomic E-state index is 5.79. The fourth-order valence-electron chi connectivity index (χ4n) is 1.39. The van der Waals surface area contributed by atoms with Gasteiger partial charge in [0.25, 0.3) is 0 Å². The second kappa shape index (κ2) is 5.92. The van der Waals surface area contributed by atoms with Crippen molar-refractivity contribution in [1.29, 1.82) is 0 Å². The molecule has 84 valence electrons.